The smallest absolute Gasteiger partial charge is 0.338 e. The third-order valence-corrected chi connectivity index (χ3v) is 2.15. The molecule has 0 radical (unpaired) electrons. The lowest BCUT2D eigenvalue weighted by atomic mass is 10.1. The van der Waals surface area contributed by atoms with E-state index in [1.807, 2.05) is 39.8 Å². The molecule has 17 heavy (non-hydrogen) atoms. The average Bonchev–Trinajstić information content (AvgIpc) is 2.26. The summed E-state index contributed by atoms with van der Waals surface area (Å²) < 4.78 is 5.16. The predicted octanol–water partition coefficient (Wildman–Crippen LogP) is 3.92. The molecule has 0 aliphatic carbocycles. The summed E-state index contributed by atoms with van der Waals surface area (Å²) in [6, 6.07) is 7.47. The van der Waals surface area contributed by atoms with Gasteiger partial charge in [0.05, 0.1) is 12.2 Å². The highest BCUT2D eigenvalue weighted by Crippen LogP contribution is 2.10. The molecular weight excluding hydrogens is 212 g/mol. The first-order valence-corrected chi connectivity index (χ1v) is 5.91. The first kappa shape index (κ1) is 13.5. The van der Waals surface area contributed by atoms with Crippen molar-refractivity contribution in [1.82, 2.24) is 0 Å². The van der Waals surface area contributed by atoms with Crippen molar-refractivity contribution < 1.29 is 9.53 Å². The summed E-state index contributed by atoms with van der Waals surface area (Å²) in [6.07, 6.45) is 2.07. The fourth-order valence-electron chi connectivity index (χ4n) is 1.37. The maximum absolute atomic E-state index is 11.6. The van der Waals surface area contributed by atoms with Crippen LogP contribution in [0.5, 0.6) is 0 Å². The van der Waals surface area contributed by atoms with Crippen molar-refractivity contribution in [2.45, 2.75) is 27.7 Å². The van der Waals surface area contributed by atoms with Crippen LogP contribution in [0.2, 0.25) is 0 Å². The zero-order chi connectivity index (χ0) is 12.8. The van der Waals surface area contributed by atoms with Gasteiger partial charge in [-0.3, -0.25) is 0 Å². The number of carbonyl (C=O) groups excluding carboxylic acids is 1. The minimum absolute atomic E-state index is 0.248. The Hall–Kier alpha value is -1.57. The zero-order valence-electron chi connectivity index (χ0n) is 11.0. The van der Waals surface area contributed by atoms with Gasteiger partial charge in [-0.15, -0.1) is 0 Å². The zero-order valence-corrected chi connectivity index (χ0v) is 11.0. The number of esters is 1. The molecule has 0 aromatic heterocycles. The van der Waals surface area contributed by atoms with Gasteiger partial charge in [-0.25, -0.2) is 4.79 Å². The van der Waals surface area contributed by atoms with Gasteiger partial charge in [0.1, 0.15) is 0 Å². The highest BCUT2D eigenvalue weighted by Gasteiger charge is 2.07. The van der Waals surface area contributed by atoms with E-state index in [1.54, 1.807) is 12.1 Å². The van der Waals surface area contributed by atoms with Gasteiger partial charge in [0.25, 0.3) is 0 Å². The number of carbonyl (C=O) groups is 1. The summed E-state index contributed by atoms with van der Waals surface area (Å²) in [4.78, 5) is 11.6. The molecule has 0 fully saturated rings. The van der Waals surface area contributed by atoms with E-state index < -0.39 is 0 Å². The van der Waals surface area contributed by atoms with Crippen molar-refractivity contribution >= 4 is 12.0 Å². The molecule has 0 saturated heterocycles. The first-order valence-electron chi connectivity index (χ1n) is 5.91. The van der Waals surface area contributed by atoms with Gasteiger partial charge >= 0.3 is 5.97 Å². The molecule has 92 valence electrons. The van der Waals surface area contributed by atoms with E-state index in [1.165, 1.54) is 5.57 Å². The Bertz CT molecular complexity index is 395. The van der Waals surface area contributed by atoms with Crippen molar-refractivity contribution in [3.63, 3.8) is 0 Å². The molecule has 1 rings (SSSR count). The van der Waals surface area contributed by atoms with Crippen LogP contribution in [0.15, 0.2) is 29.8 Å². The third kappa shape index (κ3) is 4.85. The highest BCUT2D eigenvalue weighted by molar-refractivity contribution is 5.89. The van der Waals surface area contributed by atoms with Crippen molar-refractivity contribution in [1.29, 1.82) is 0 Å². The Balaban J connectivity index is 2.67. The number of rotatable bonds is 4. The molecule has 0 saturated carbocycles. The number of ether oxygens (including phenoxy) is 1. The van der Waals surface area contributed by atoms with Crippen LogP contribution in [-0.2, 0) is 4.74 Å². The Morgan fingerprint density at radius 3 is 2.29 bits per heavy atom. The van der Waals surface area contributed by atoms with Gasteiger partial charge in [-0.05, 0) is 37.5 Å². The number of benzene rings is 1. The molecule has 0 bridgehead atoms. The molecule has 2 nitrogen and oxygen atoms in total. The lowest BCUT2D eigenvalue weighted by Gasteiger charge is -2.07. The van der Waals surface area contributed by atoms with E-state index in [-0.39, 0.29) is 5.97 Å². The van der Waals surface area contributed by atoms with Crippen LogP contribution in [0.4, 0.5) is 0 Å². The fraction of sp³-hybridized carbons (Fsp3) is 0.400. The van der Waals surface area contributed by atoms with Gasteiger partial charge in [0.15, 0.2) is 0 Å². The number of allylic oxidation sites excluding steroid dienone is 1. The second-order valence-corrected chi connectivity index (χ2v) is 4.84. The van der Waals surface area contributed by atoms with Crippen LogP contribution >= 0.6 is 0 Å². The monoisotopic (exact) mass is 232 g/mol. The Labute approximate surface area is 103 Å². The summed E-state index contributed by atoms with van der Waals surface area (Å²) >= 11 is 0. The molecule has 1 aromatic carbocycles. The Morgan fingerprint density at radius 1 is 1.24 bits per heavy atom. The van der Waals surface area contributed by atoms with E-state index in [4.69, 9.17) is 4.74 Å². The van der Waals surface area contributed by atoms with E-state index in [0.717, 1.165) is 5.56 Å². The lowest BCUT2D eigenvalue weighted by Crippen LogP contribution is -2.09. The third-order valence-electron chi connectivity index (χ3n) is 2.15. The Morgan fingerprint density at radius 2 is 1.82 bits per heavy atom. The van der Waals surface area contributed by atoms with Crippen molar-refractivity contribution in [2.24, 2.45) is 5.92 Å². The van der Waals surface area contributed by atoms with E-state index in [9.17, 15) is 4.79 Å². The molecule has 0 unspecified atom stereocenters. The summed E-state index contributed by atoms with van der Waals surface area (Å²) in [5.74, 6) is 0.117. The molecule has 0 amide bonds. The number of hydrogen-bond acceptors (Lipinski definition) is 2. The second-order valence-electron chi connectivity index (χ2n) is 4.84. The number of hydrogen-bond donors (Lipinski definition) is 0. The van der Waals surface area contributed by atoms with Crippen LogP contribution < -0.4 is 0 Å². The highest BCUT2D eigenvalue weighted by atomic mass is 16.5. The standard InChI is InChI=1S/C15H20O2/c1-11(2)9-13-5-7-14(8-6-13)15(16)17-10-12(3)4/h5-9,12H,10H2,1-4H3. The van der Waals surface area contributed by atoms with Crippen LogP contribution in [0, 0.1) is 5.92 Å². The largest absolute Gasteiger partial charge is 0.462 e. The molecule has 2 heteroatoms. The molecule has 0 aliphatic rings. The van der Waals surface area contributed by atoms with Crippen molar-refractivity contribution in [2.75, 3.05) is 6.61 Å². The van der Waals surface area contributed by atoms with Gasteiger partial charge in [0, 0.05) is 0 Å². The maximum atomic E-state index is 11.6. The Kier molecular flexibility index (Phi) is 4.95. The molecule has 0 N–H and O–H groups in total. The van der Waals surface area contributed by atoms with Gasteiger partial charge < -0.3 is 4.74 Å². The lowest BCUT2D eigenvalue weighted by molar-refractivity contribution is 0.0459. The van der Waals surface area contributed by atoms with Gasteiger partial charge in [-0.2, -0.15) is 0 Å². The molecule has 0 aliphatic heterocycles. The van der Waals surface area contributed by atoms with E-state index in [0.29, 0.717) is 18.1 Å². The minimum Gasteiger partial charge on any atom is -0.462 e. The molecule has 0 heterocycles. The van der Waals surface area contributed by atoms with Crippen LogP contribution in [0.1, 0.15) is 43.6 Å². The normalized spacial score (nSPS) is 10.2. The minimum atomic E-state index is -0.248. The summed E-state index contributed by atoms with van der Waals surface area (Å²) in [6.45, 7) is 8.60. The predicted molar refractivity (Wildman–Crippen MR) is 70.9 cm³/mol. The van der Waals surface area contributed by atoms with Gasteiger partial charge in [-0.1, -0.05) is 37.6 Å². The van der Waals surface area contributed by atoms with Gasteiger partial charge in [0.2, 0.25) is 0 Å². The molecule has 0 spiro atoms. The second kappa shape index (κ2) is 6.24. The van der Waals surface area contributed by atoms with E-state index >= 15 is 0 Å². The first-order chi connectivity index (χ1) is 7.99. The van der Waals surface area contributed by atoms with Crippen LogP contribution in [0.3, 0.4) is 0 Å². The summed E-state index contributed by atoms with van der Waals surface area (Å²) in [5, 5.41) is 0. The van der Waals surface area contributed by atoms with Crippen LogP contribution in [0.25, 0.3) is 6.08 Å². The summed E-state index contributed by atoms with van der Waals surface area (Å²) in [5.41, 5.74) is 2.95. The molecular formula is C15H20O2. The maximum Gasteiger partial charge on any atom is 0.338 e. The summed E-state index contributed by atoms with van der Waals surface area (Å²) in [7, 11) is 0. The van der Waals surface area contributed by atoms with Crippen LogP contribution in [-0.4, -0.2) is 12.6 Å². The fourth-order valence-corrected chi connectivity index (χ4v) is 1.37. The van der Waals surface area contributed by atoms with Crippen molar-refractivity contribution in [3.8, 4) is 0 Å². The topological polar surface area (TPSA) is 26.3 Å². The molecule has 1 aromatic rings. The molecule has 0 atom stereocenters. The van der Waals surface area contributed by atoms with Crippen molar-refractivity contribution in [3.05, 3.63) is 41.0 Å². The quantitative estimate of drug-likeness (QED) is 0.735. The SMILES string of the molecule is CC(C)=Cc1ccc(C(=O)OCC(C)C)cc1. The van der Waals surface area contributed by atoms with E-state index in [2.05, 4.69) is 6.08 Å². The average molecular weight is 232 g/mol.